The molecule has 2 aromatic carbocycles. The van der Waals surface area contributed by atoms with Crippen LogP contribution in [0, 0.1) is 18.7 Å². The van der Waals surface area contributed by atoms with Gasteiger partial charge in [0.05, 0.1) is 30.1 Å². The van der Waals surface area contributed by atoms with Crippen molar-refractivity contribution in [2.45, 2.75) is 26.8 Å². The Morgan fingerprint density at radius 3 is 2.27 bits per heavy atom. The van der Waals surface area contributed by atoms with E-state index >= 15 is 0 Å². The van der Waals surface area contributed by atoms with Crippen molar-refractivity contribution < 1.29 is 13.9 Å². The van der Waals surface area contributed by atoms with Crippen molar-refractivity contribution in [2.24, 2.45) is 5.92 Å². The summed E-state index contributed by atoms with van der Waals surface area (Å²) in [6.07, 6.45) is 0. The van der Waals surface area contributed by atoms with Crippen LogP contribution < -0.4 is 5.01 Å². The summed E-state index contributed by atoms with van der Waals surface area (Å²) in [4.78, 5) is 13.1. The Hall–Kier alpha value is -3.34. The second-order valence-corrected chi connectivity index (χ2v) is 7.83. The molecule has 0 aliphatic carbocycles. The van der Waals surface area contributed by atoms with Gasteiger partial charge in [0.2, 0.25) is 0 Å². The van der Waals surface area contributed by atoms with Gasteiger partial charge in [0, 0.05) is 11.3 Å². The minimum atomic E-state index is -0.376. The van der Waals surface area contributed by atoms with E-state index in [9.17, 15) is 9.18 Å². The standard InChI is InChI=1S/C25H25FN2O2/c1-16(2)24-23(25(29)30-4)22(18-11-13-19(26)14-12-18)21-15-10-17(3)27(21)28(24)20-8-6-5-7-9-20/h5-16,24H,1-4H3/t24-/m0/s1. The molecule has 4 rings (SSSR count). The number of methoxy groups -OCH3 is 1. The molecule has 1 atom stereocenters. The van der Waals surface area contributed by atoms with Crippen LogP contribution in [0.2, 0.25) is 0 Å². The molecular weight excluding hydrogens is 379 g/mol. The van der Waals surface area contributed by atoms with Crippen LogP contribution in [0.4, 0.5) is 10.1 Å². The summed E-state index contributed by atoms with van der Waals surface area (Å²) in [5.41, 5.74) is 5.04. The predicted molar refractivity (Wildman–Crippen MR) is 117 cm³/mol. The first-order chi connectivity index (χ1) is 14.4. The molecule has 1 aliphatic heterocycles. The Balaban J connectivity index is 2.08. The van der Waals surface area contributed by atoms with Gasteiger partial charge in [-0.2, -0.15) is 0 Å². The summed E-state index contributed by atoms with van der Waals surface area (Å²) < 4.78 is 21.0. The molecule has 0 amide bonds. The topological polar surface area (TPSA) is 34.5 Å². The van der Waals surface area contributed by atoms with Crippen LogP contribution in [0.5, 0.6) is 0 Å². The zero-order chi connectivity index (χ0) is 21.4. The Labute approximate surface area is 176 Å². The van der Waals surface area contributed by atoms with Gasteiger partial charge >= 0.3 is 5.97 Å². The predicted octanol–water partition coefficient (Wildman–Crippen LogP) is 5.22. The summed E-state index contributed by atoms with van der Waals surface area (Å²) in [5.74, 6) is -0.587. The summed E-state index contributed by atoms with van der Waals surface area (Å²) in [6, 6.07) is 20.1. The van der Waals surface area contributed by atoms with Crippen LogP contribution in [0.3, 0.4) is 0 Å². The first-order valence-electron chi connectivity index (χ1n) is 10.1. The van der Waals surface area contributed by atoms with Gasteiger partial charge in [-0.25, -0.2) is 9.18 Å². The minimum absolute atomic E-state index is 0.102. The second-order valence-electron chi connectivity index (χ2n) is 7.83. The third-order valence-electron chi connectivity index (χ3n) is 5.54. The van der Waals surface area contributed by atoms with Crippen molar-refractivity contribution in [1.29, 1.82) is 0 Å². The average Bonchev–Trinajstić information content (AvgIpc) is 3.14. The van der Waals surface area contributed by atoms with Crippen molar-refractivity contribution >= 4 is 17.2 Å². The van der Waals surface area contributed by atoms with E-state index in [0.717, 1.165) is 28.2 Å². The van der Waals surface area contributed by atoms with E-state index in [1.165, 1.54) is 19.2 Å². The minimum Gasteiger partial charge on any atom is -0.466 e. The van der Waals surface area contributed by atoms with Crippen LogP contribution >= 0.6 is 0 Å². The Bertz CT molecular complexity index is 1100. The maximum atomic E-state index is 13.6. The maximum absolute atomic E-state index is 13.6. The van der Waals surface area contributed by atoms with Crippen molar-refractivity contribution in [3.63, 3.8) is 0 Å². The lowest BCUT2D eigenvalue weighted by molar-refractivity contribution is -0.136. The molecule has 2 heterocycles. The third-order valence-corrected chi connectivity index (χ3v) is 5.54. The first-order valence-corrected chi connectivity index (χ1v) is 10.1. The van der Waals surface area contributed by atoms with Gasteiger partial charge in [-0.05, 0) is 54.8 Å². The van der Waals surface area contributed by atoms with E-state index in [-0.39, 0.29) is 23.7 Å². The number of hydrogen-bond acceptors (Lipinski definition) is 3. The van der Waals surface area contributed by atoms with E-state index in [1.807, 2.05) is 49.4 Å². The summed E-state index contributed by atoms with van der Waals surface area (Å²) in [7, 11) is 1.40. The van der Waals surface area contributed by atoms with Gasteiger partial charge in [0.15, 0.2) is 0 Å². The fraction of sp³-hybridized carbons (Fsp3) is 0.240. The maximum Gasteiger partial charge on any atom is 0.336 e. The highest BCUT2D eigenvalue weighted by Gasteiger charge is 2.40. The molecule has 1 aliphatic rings. The number of aryl methyl sites for hydroxylation is 1. The molecule has 0 bridgehead atoms. The zero-order valence-electron chi connectivity index (χ0n) is 17.6. The van der Waals surface area contributed by atoms with E-state index in [4.69, 9.17) is 4.74 Å². The number of benzene rings is 2. The van der Waals surface area contributed by atoms with Crippen LogP contribution in [-0.4, -0.2) is 23.8 Å². The molecule has 0 saturated carbocycles. The Morgan fingerprint density at radius 2 is 1.67 bits per heavy atom. The molecule has 30 heavy (non-hydrogen) atoms. The highest BCUT2D eigenvalue weighted by molar-refractivity contribution is 6.04. The largest absolute Gasteiger partial charge is 0.466 e. The molecule has 4 nitrogen and oxygen atoms in total. The Morgan fingerprint density at radius 1 is 1.00 bits per heavy atom. The zero-order valence-corrected chi connectivity index (χ0v) is 17.6. The third kappa shape index (κ3) is 3.20. The molecule has 0 radical (unpaired) electrons. The number of esters is 1. The average molecular weight is 404 g/mol. The summed E-state index contributed by atoms with van der Waals surface area (Å²) in [5, 5.41) is 2.16. The van der Waals surface area contributed by atoms with E-state index in [1.54, 1.807) is 12.1 Å². The molecule has 0 N–H and O–H groups in total. The molecule has 0 saturated heterocycles. The normalized spacial score (nSPS) is 16.1. The number of rotatable bonds is 4. The fourth-order valence-corrected chi connectivity index (χ4v) is 4.26. The second kappa shape index (κ2) is 7.82. The summed E-state index contributed by atoms with van der Waals surface area (Å²) >= 11 is 0. The molecule has 0 unspecified atom stereocenters. The highest BCUT2D eigenvalue weighted by atomic mass is 19.1. The molecule has 0 fully saturated rings. The number of para-hydroxylation sites is 1. The van der Waals surface area contributed by atoms with Gasteiger partial charge in [0.1, 0.15) is 5.82 Å². The number of nitrogens with zero attached hydrogens (tertiary/aromatic N) is 2. The SMILES string of the molecule is COC(=O)C1=C(c2ccc(F)cc2)c2ccc(C)n2N(c2ccccc2)[C@H]1C(C)C. The van der Waals surface area contributed by atoms with Gasteiger partial charge in [-0.3, -0.25) is 9.69 Å². The van der Waals surface area contributed by atoms with Crippen molar-refractivity contribution in [3.8, 4) is 0 Å². The van der Waals surface area contributed by atoms with E-state index in [0.29, 0.717) is 5.57 Å². The van der Waals surface area contributed by atoms with Gasteiger partial charge < -0.3 is 4.74 Å². The fourth-order valence-electron chi connectivity index (χ4n) is 4.26. The number of carbonyl (C=O) groups excluding carboxylic acids is 1. The number of carbonyl (C=O) groups is 1. The molecule has 1 aromatic heterocycles. The van der Waals surface area contributed by atoms with Crippen molar-refractivity contribution in [1.82, 2.24) is 4.68 Å². The lowest BCUT2D eigenvalue weighted by Crippen LogP contribution is -2.50. The smallest absolute Gasteiger partial charge is 0.336 e. The Kier molecular flexibility index (Phi) is 5.20. The summed E-state index contributed by atoms with van der Waals surface area (Å²) in [6.45, 7) is 6.23. The van der Waals surface area contributed by atoms with E-state index in [2.05, 4.69) is 23.5 Å². The van der Waals surface area contributed by atoms with Crippen LogP contribution in [-0.2, 0) is 9.53 Å². The quantitative estimate of drug-likeness (QED) is 0.559. The van der Waals surface area contributed by atoms with Crippen LogP contribution in [0.15, 0.2) is 72.3 Å². The van der Waals surface area contributed by atoms with Gasteiger partial charge in [-0.15, -0.1) is 0 Å². The number of hydrogen-bond donors (Lipinski definition) is 0. The number of fused-ring (bicyclic) bond motifs is 1. The molecule has 5 heteroatoms. The van der Waals surface area contributed by atoms with Gasteiger partial charge in [0.25, 0.3) is 0 Å². The van der Waals surface area contributed by atoms with Crippen LogP contribution in [0.25, 0.3) is 5.57 Å². The van der Waals surface area contributed by atoms with Crippen molar-refractivity contribution in [3.05, 3.63) is 95.1 Å². The van der Waals surface area contributed by atoms with Gasteiger partial charge in [-0.1, -0.05) is 44.2 Å². The number of anilines is 1. The lowest BCUT2D eigenvalue weighted by atomic mass is 9.85. The number of halogens is 1. The van der Waals surface area contributed by atoms with E-state index < -0.39 is 0 Å². The number of ether oxygens (including phenoxy) is 1. The molecule has 0 spiro atoms. The molecule has 154 valence electrons. The monoisotopic (exact) mass is 404 g/mol. The molecular formula is C25H25FN2O2. The molecule has 3 aromatic rings. The first kappa shape index (κ1) is 20.0. The highest BCUT2D eigenvalue weighted by Crippen LogP contribution is 2.41. The number of aromatic nitrogens is 1. The van der Waals surface area contributed by atoms with Crippen molar-refractivity contribution in [2.75, 3.05) is 12.1 Å². The lowest BCUT2D eigenvalue weighted by Gasteiger charge is -2.43. The van der Waals surface area contributed by atoms with Crippen LogP contribution in [0.1, 0.15) is 30.8 Å².